The minimum atomic E-state index is -0.311. The second-order valence-corrected chi connectivity index (χ2v) is 4.27. The Labute approximate surface area is 108 Å². The Morgan fingerprint density at radius 3 is 3.16 bits per heavy atom. The lowest BCUT2D eigenvalue weighted by molar-refractivity contribution is -0.0269. The smallest absolute Gasteiger partial charge is 0.276 e. The van der Waals surface area contributed by atoms with Crippen LogP contribution in [0.25, 0.3) is 0 Å². The van der Waals surface area contributed by atoms with Gasteiger partial charge in [-0.3, -0.25) is 9.89 Å². The highest BCUT2D eigenvalue weighted by Gasteiger charge is 2.29. The number of carbonyl (C=O) groups excluding carboxylic acids is 1. The Morgan fingerprint density at radius 2 is 2.47 bits per heavy atom. The Morgan fingerprint density at radius 1 is 1.58 bits per heavy atom. The maximum atomic E-state index is 12.1. The van der Waals surface area contributed by atoms with Crippen molar-refractivity contribution in [2.45, 2.75) is 13.0 Å². The van der Waals surface area contributed by atoms with Crippen LogP contribution in [0.5, 0.6) is 0 Å². The molecular weight excluding hydrogens is 250 g/mol. The third-order valence-corrected chi connectivity index (χ3v) is 2.91. The number of H-pyrrole nitrogens is 1. The number of morpholine rings is 1. The normalized spacial score (nSPS) is 19.6. The fourth-order valence-corrected chi connectivity index (χ4v) is 1.98. The van der Waals surface area contributed by atoms with Crippen molar-refractivity contribution in [2.24, 2.45) is 0 Å². The van der Waals surface area contributed by atoms with Crippen LogP contribution in [0, 0.1) is 6.92 Å². The molecule has 2 aromatic heterocycles. The van der Waals surface area contributed by atoms with Crippen molar-refractivity contribution >= 4 is 5.91 Å². The third-order valence-electron chi connectivity index (χ3n) is 2.91. The molecule has 1 amide bonds. The zero-order valence-corrected chi connectivity index (χ0v) is 10.4. The number of nitrogens with zero attached hydrogens (tertiary/aromatic N) is 4. The monoisotopic (exact) mass is 263 g/mol. The van der Waals surface area contributed by atoms with Crippen LogP contribution in [-0.2, 0) is 4.74 Å². The minimum Gasteiger partial charge on any atom is -0.366 e. The van der Waals surface area contributed by atoms with Gasteiger partial charge in [-0.05, 0) is 6.92 Å². The molecule has 100 valence electrons. The van der Waals surface area contributed by atoms with Crippen LogP contribution in [0.3, 0.4) is 0 Å². The molecule has 0 aromatic carbocycles. The van der Waals surface area contributed by atoms with Crippen LogP contribution in [0.2, 0.25) is 0 Å². The molecule has 8 heteroatoms. The number of carbonyl (C=O) groups is 1. The zero-order chi connectivity index (χ0) is 13.2. The molecule has 1 saturated heterocycles. The fourth-order valence-electron chi connectivity index (χ4n) is 1.98. The van der Waals surface area contributed by atoms with Crippen molar-refractivity contribution in [3.8, 4) is 0 Å². The lowest BCUT2D eigenvalue weighted by atomic mass is 10.2. The zero-order valence-electron chi connectivity index (χ0n) is 10.4. The molecule has 2 aromatic rings. The van der Waals surface area contributed by atoms with Gasteiger partial charge in [-0.1, -0.05) is 5.16 Å². The summed E-state index contributed by atoms with van der Waals surface area (Å²) in [7, 11) is 0. The highest BCUT2D eigenvalue weighted by Crippen LogP contribution is 2.20. The average molecular weight is 263 g/mol. The van der Waals surface area contributed by atoms with Gasteiger partial charge in [0.05, 0.1) is 13.2 Å². The first-order valence-electron chi connectivity index (χ1n) is 5.94. The highest BCUT2D eigenvalue weighted by atomic mass is 16.5. The van der Waals surface area contributed by atoms with Crippen LogP contribution in [0.4, 0.5) is 0 Å². The third kappa shape index (κ3) is 2.34. The summed E-state index contributed by atoms with van der Waals surface area (Å²) in [5.74, 6) is 1.11. The lowest BCUT2D eigenvalue weighted by Gasteiger charge is -2.30. The number of nitrogens with one attached hydrogen (secondary N) is 1. The molecule has 3 heterocycles. The number of rotatable bonds is 2. The van der Waals surface area contributed by atoms with E-state index in [2.05, 4.69) is 24.9 Å². The summed E-state index contributed by atoms with van der Waals surface area (Å²) in [5.41, 5.74) is 0.298. The lowest BCUT2D eigenvalue weighted by Crippen LogP contribution is -2.42. The maximum Gasteiger partial charge on any atom is 0.276 e. The molecule has 0 bridgehead atoms. The molecular formula is C11H13N5O3. The maximum absolute atomic E-state index is 12.1. The first-order valence-corrected chi connectivity index (χ1v) is 5.94. The largest absolute Gasteiger partial charge is 0.366 e. The van der Waals surface area contributed by atoms with Crippen LogP contribution in [0.1, 0.15) is 28.2 Å². The molecule has 1 atom stereocenters. The van der Waals surface area contributed by atoms with E-state index in [1.807, 2.05) is 6.92 Å². The van der Waals surface area contributed by atoms with Gasteiger partial charge in [0.25, 0.3) is 5.91 Å². The standard InChI is InChI=1S/C11H13N5O3/c1-7-12-10(14-13-7)9-6-16(3-5-18-9)11(17)8-2-4-19-15-8/h2,4,9H,3,5-6H2,1H3,(H,12,13,14)/t9-/m0/s1. The van der Waals surface area contributed by atoms with Gasteiger partial charge in [0.15, 0.2) is 11.5 Å². The molecule has 8 nitrogen and oxygen atoms in total. The van der Waals surface area contributed by atoms with E-state index in [0.29, 0.717) is 31.2 Å². The van der Waals surface area contributed by atoms with E-state index in [9.17, 15) is 4.79 Å². The van der Waals surface area contributed by atoms with E-state index < -0.39 is 0 Å². The molecule has 0 saturated carbocycles. The van der Waals surface area contributed by atoms with Crippen molar-refractivity contribution in [1.29, 1.82) is 0 Å². The Balaban J connectivity index is 1.73. The van der Waals surface area contributed by atoms with Gasteiger partial charge >= 0.3 is 0 Å². The highest BCUT2D eigenvalue weighted by molar-refractivity contribution is 5.92. The molecule has 0 aliphatic carbocycles. The summed E-state index contributed by atoms with van der Waals surface area (Å²) >= 11 is 0. The summed E-state index contributed by atoms with van der Waals surface area (Å²) in [5, 5.41) is 10.5. The van der Waals surface area contributed by atoms with Crippen LogP contribution < -0.4 is 0 Å². The number of hydrogen-bond donors (Lipinski definition) is 1. The topological polar surface area (TPSA) is 97.1 Å². The quantitative estimate of drug-likeness (QED) is 0.837. The molecule has 19 heavy (non-hydrogen) atoms. The van der Waals surface area contributed by atoms with Gasteiger partial charge in [0, 0.05) is 12.6 Å². The van der Waals surface area contributed by atoms with E-state index in [1.165, 1.54) is 6.26 Å². The van der Waals surface area contributed by atoms with Crippen LogP contribution >= 0.6 is 0 Å². The first-order chi connectivity index (χ1) is 9.24. The van der Waals surface area contributed by atoms with E-state index in [4.69, 9.17) is 4.74 Å². The van der Waals surface area contributed by atoms with Gasteiger partial charge in [-0.2, -0.15) is 5.10 Å². The van der Waals surface area contributed by atoms with Crippen molar-refractivity contribution in [1.82, 2.24) is 25.2 Å². The van der Waals surface area contributed by atoms with Gasteiger partial charge in [0.2, 0.25) is 0 Å². The summed E-state index contributed by atoms with van der Waals surface area (Å²) in [6.45, 7) is 3.19. The van der Waals surface area contributed by atoms with E-state index in [0.717, 1.165) is 5.82 Å². The predicted octanol–water partition coefficient (Wildman–Crippen LogP) is 0.315. The number of aryl methyl sites for hydroxylation is 1. The first kappa shape index (κ1) is 11.8. The number of hydrogen-bond acceptors (Lipinski definition) is 6. The van der Waals surface area contributed by atoms with Gasteiger partial charge < -0.3 is 14.2 Å². The average Bonchev–Trinajstić information content (AvgIpc) is 3.09. The van der Waals surface area contributed by atoms with Crippen LogP contribution in [0.15, 0.2) is 16.9 Å². The van der Waals surface area contributed by atoms with Crippen molar-refractivity contribution in [3.05, 3.63) is 29.7 Å². The summed E-state index contributed by atoms with van der Waals surface area (Å²) in [4.78, 5) is 18.0. The predicted molar refractivity (Wildman–Crippen MR) is 62.2 cm³/mol. The molecule has 0 radical (unpaired) electrons. The Kier molecular flexibility index (Phi) is 3.00. The molecule has 0 unspecified atom stereocenters. The Bertz CT molecular complexity index is 565. The summed E-state index contributed by atoms with van der Waals surface area (Å²) < 4.78 is 10.3. The fraction of sp³-hybridized carbons (Fsp3) is 0.455. The summed E-state index contributed by atoms with van der Waals surface area (Å²) in [6.07, 6.45) is 1.07. The number of amides is 1. The molecule has 0 spiro atoms. The second-order valence-electron chi connectivity index (χ2n) is 4.27. The van der Waals surface area contributed by atoms with E-state index >= 15 is 0 Å². The molecule has 1 aliphatic heterocycles. The molecule has 1 aliphatic rings. The van der Waals surface area contributed by atoms with Gasteiger partial charge in [-0.15, -0.1) is 0 Å². The number of aromatic nitrogens is 4. The van der Waals surface area contributed by atoms with E-state index in [-0.39, 0.29) is 12.0 Å². The summed E-state index contributed by atoms with van der Waals surface area (Å²) in [6, 6.07) is 1.55. The molecule has 1 fully saturated rings. The minimum absolute atomic E-state index is 0.172. The Hall–Kier alpha value is -2.22. The van der Waals surface area contributed by atoms with Gasteiger partial charge in [-0.25, -0.2) is 4.98 Å². The number of aromatic amines is 1. The van der Waals surface area contributed by atoms with Crippen molar-refractivity contribution in [2.75, 3.05) is 19.7 Å². The molecule has 3 rings (SSSR count). The SMILES string of the molecule is Cc1nc([C@@H]2CN(C(=O)c3ccon3)CCO2)n[nH]1. The van der Waals surface area contributed by atoms with Crippen LogP contribution in [-0.4, -0.2) is 50.8 Å². The second kappa shape index (κ2) is 4.81. The number of ether oxygens (including phenoxy) is 1. The van der Waals surface area contributed by atoms with Crippen molar-refractivity contribution in [3.63, 3.8) is 0 Å². The van der Waals surface area contributed by atoms with E-state index in [1.54, 1.807) is 11.0 Å². The molecule has 1 N–H and O–H groups in total. The van der Waals surface area contributed by atoms with Gasteiger partial charge in [0.1, 0.15) is 18.2 Å². The van der Waals surface area contributed by atoms with Crippen molar-refractivity contribution < 1.29 is 14.1 Å².